The third kappa shape index (κ3) is 3.42. The van der Waals surface area contributed by atoms with Crippen LogP contribution in [0, 0.1) is 17.8 Å². The lowest BCUT2D eigenvalue weighted by Crippen LogP contribution is -2.51. The maximum absolute atomic E-state index is 12.2. The molecule has 4 unspecified atom stereocenters. The Morgan fingerprint density at radius 1 is 1.35 bits per heavy atom. The van der Waals surface area contributed by atoms with Crippen LogP contribution < -0.4 is 10.6 Å². The number of nitrogens with one attached hydrogen (secondary N) is 2. The quantitative estimate of drug-likeness (QED) is 0.749. The fourth-order valence-electron chi connectivity index (χ4n) is 2.84. The van der Waals surface area contributed by atoms with Gasteiger partial charge < -0.3 is 15.4 Å². The standard InChI is InChI=1S/C13H24N2O2/c1-9-5-11(7-14-6-9)15-13(16)12-3-4-17-8-10(12)2/h9-12,14H,3-8H2,1-2H3,(H,15,16). The number of hydrogen-bond acceptors (Lipinski definition) is 3. The van der Waals surface area contributed by atoms with Crippen LogP contribution in [0.4, 0.5) is 0 Å². The minimum absolute atomic E-state index is 0.140. The normalized spacial score (nSPS) is 38.7. The van der Waals surface area contributed by atoms with Gasteiger partial charge in [0.05, 0.1) is 0 Å². The molecule has 17 heavy (non-hydrogen) atoms. The van der Waals surface area contributed by atoms with E-state index in [2.05, 4.69) is 24.5 Å². The van der Waals surface area contributed by atoms with Crippen LogP contribution in [0.25, 0.3) is 0 Å². The Hall–Kier alpha value is -0.610. The Balaban J connectivity index is 1.83. The molecule has 0 bridgehead atoms. The van der Waals surface area contributed by atoms with Crippen molar-refractivity contribution < 1.29 is 9.53 Å². The first-order chi connectivity index (χ1) is 8.16. The zero-order chi connectivity index (χ0) is 12.3. The van der Waals surface area contributed by atoms with Gasteiger partial charge in [-0.3, -0.25) is 4.79 Å². The molecule has 2 saturated heterocycles. The highest BCUT2D eigenvalue weighted by molar-refractivity contribution is 5.79. The van der Waals surface area contributed by atoms with Crippen LogP contribution in [-0.2, 0) is 9.53 Å². The minimum Gasteiger partial charge on any atom is -0.381 e. The van der Waals surface area contributed by atoms with E-state index in [1.807, 2.05) is 0 Å². The lowest BCUT2D eigenvalue weighted by atomic mass is 9.88. The van der Waals surface area contributed by atoms with E-state index in [1.54, 1.807) is 0 Å². The summed E-state index contributed by atoms with van der Waals surface area (Å²) in [5.74, 6) is 1.36. The van der Waals surface area contributed by atoms with Gasteiger partial charge in [-0.1, -0.05) is 13.8 Å². The molecule has 2 aliphatic rings. The summed E-state index contributed by atoms with van der Waals surface area (Å²) in [6.07, 6.45) is 1.96. The zero-order valence-corrected chi connectivity index (χ0v) is 10.9. The molecule has 2 N–H and O–H groups in total. The van der Waals surface area contributed by atoms with Gasteiger partial charge >= 0.3 is 0 Å². The van der Waals surface area contributed by atoms with Crippen LogP contribution >= 0.6 is 0 Å². The van der Waals surface area contributed by atoms with E-state index in [0.29, 0.717) is 17.9 Å². The largest absolute Gasteiger partial charge is 0.381 e. The monoisotopic (exact) mass is 240 g/mol. The summed E-state index contributed by atoms with van der Waals surface area (Å²) in [6, 6.07) is 0.307. The molecule has 4 nitrogen and oxygen atoms in total. The molecule has 2 fully saturated rings. The van der Waals surface area contributed by atoms with E-state index in [4.69, 9.17) is 4.74 Å². The maximum Gasteiger partial charge on any atom is 0.223 e. The summed E-state index contributed by atoms with van der Waals surface area (Å²) >= 11 is 0. The highest BCUT2D eigenvalue weighted by Gasteiger charge is 2.30. The average molecular weight is 240 g/mol. The van der Waals surface area contributed by atoms with Gasteiger partial charge in [0.1, 0.15) is 0 Å². The molecular formula is C13H24N2O2. The van der Waals surface area contributed by atoms with Crippen molar-refractivity contribution in [1.82, 2.24) is 10.6 Å². The van der Waals surface area contributed by atoms with Crippen LogP contribution in [0.15, 0.2) is 0 Å². The van der Waals surface area contributed by atoms with Crippen LogP contribution in [0.3, 0.4) is 0 Å². The molecule has 2 heterocycles. The minimum atomic E-state index is 0.140. The Labute approximate surface area is 103 Å². The van der Waals surface area contributed by atoms with Crippen molar-refractivity contribution in [1.29, 1.82) is 0 Å². The van der Waals surface area contributed by atoms with Crippen molar-refractivity contribution in [3.05, 3.63) is 0 Å². The third-order valence-corrected chi connectivity index (χ3v) is 3.89. The molecule has 0 aromatic rings. The number of rotatable bonds is 2. The number of carbonyl (C=O) groups excluding carboxylic acids is 1. The number of carbonyl (C=O) groups is 1. The SMILES string of the molecule is CC1CNCC(NC(=O)C2CCOCC2C)C1. The molecule has 0 aromatic carbocycles. The van der Waals surface area contributed by atoms with Crippen molar-refractivity contribution in [3.8, 4) is 0 Å². The third-order valence-electron chi connectivity index (χ3n) is 3.89. The molecule has 2 aliphatic heterocycles. The predicted molar refractivity (Wildman–Crippen MR) is 66.7 cm³/mol. The second kappa shape index (κ2) is 5.83. The first kappa shape index (κ1) is 12.8. The molecule has 4 heteroatoms. The molecule has 0 saturated carbocycles. The van der Waals surface area contributed by atoms with Crippen molar-refractivity contribution >= 4 is 5.91 Å². The Kier molecular flexibility index (Phi) is 4.40. The summed E-state index contributed by atoms with van der Waals surface area (Å²) in [6.45, 7) is 7.75. The Morgan fingerprint density at radius 2 is 2.18 bits per heavy atom. The van der Waals surface area contributed by atoms with Crippen LogP contribution in [0.5, 0.6) is 0 Å². The lowest BCUT2D eigenvalue weighted by molar-refractivity contribution is -0.131. The van der Waals surface area contributed by atoms with Gasteiger partial charge in [0.2, 0.25) is 5.91 Å². The number of hydrogen-bond donors (Lipinski definition) is 2. The van der Waals surface area contributed by atoms with Crippen LogP contribution in [-0.4, -0.2) is 38.3 Å². The summed E-state index contributed by atoms with van der Waals surface area (Å²) in [7, 11) is 0. The van der Waals surface area contributed by atoms with Crippen LogP contribution in [0.2, 0.25) is 0 Å². The fourth-order valence-corrected chi connectivity index (χ4v) is 2.84. The second-order valence-corrected chi connectivity index (χ2v) is 5.65. The van der Waals surface area contributed by atoms with Gasteiger partial charge in [0, 0.05) is 31.7 Å². The summed E-state index contributed by atoms with van der Waals surface area (Å²) in [5.41, 5.74) is 0. The summed E-state index contributed by atoms with van der Waals surface area (Å²) < 4.78 is 5.38. The van der Waals surface area contributed by atoms with Crippen LogP contribution in [0.1, 0.15) is 26.7 Å². The van der Waals surface area contributed by atoms with E-state index in [0.717, 1.165) is 39.1 Å². The van der Waals surface area contributed by atoms with E-state index >= 15 is 0 Å². The molecule has 98 valence electrons. The van der Waals surface area contributed by atoms with E-state index in [1.165, 1.54) is 0 Å². The molecule has 4 atom stereocenters. The molecule has 0 radical (unpaired) electrons. The predicted octanol–water partition coefficient (Wildman–Crippen LogP) is 0.773. The number of amides is 1. The van der Waals surface area contributed by atoms with Crippen molar-refractivity contribution in [2.24, 2.45) is 17.8 Å². The molecule has 0 spiro atoms. The molecular weight excluding hydrogens is 216 g/mol. The molecule has 0 aliphatic carbocycles. The topological polar surface area (TPSA) is 50.4 Å². The smallest absolute Gasteiger partial charge is 0.223 e. The van der Waals surface area contributed by atoms with E-state index in [-0.39, 0.29) is 11.8 Å². The van der Waals surface area contributed by atoms with Gasteiger partial charge in [0.25, 0.3) is 0 Å². The van der Waals surface area contributed by atoms with Crippen molar-refractivity contribution in [2.75, 3.05) is 26.3 Å². The molecule has 2 rings (SSSR count). The van der Waals surface area contributed by atoms with Crippen molar-refractivity contribution in [2.45, 2.75) is 32.7 Å². The van der Waals surface area contributed by atoms with Crippen molar-refractivity contribution in [3.63, 3.8) is 0 Å². The van der Waals surface area contributed by atoms with Gasteiger partial charge in [-0.05, 0) is 31.2 Å². The lowest BCUT2D eigenvalue weighted by Gasteiger charge is -2.32. The summed E-state index contributed by atoms with van der Waals surface area (Å²) in [4.78, 5) is 12.2. The highest BCUT2D eigenvalue weighted by atomic mass is 16.5. The van der Waals surface area contributed by atoms with E-state index in [9.17, 15) is 4.79 Å². The molecule has 0 aromatic heterocycles. The van der Waals surface area contributed by atoms with Gasteiger partial charge in [-0.25, -0.2) is 0 Å². The van der Waals surface area contributed by atoms with Gasteiger partial charge in [-0.15, -0.1) is 0 Å². The Bertz CT molecular complexity index is 270. The average Bonchev–Trinajstić information content (AvgIpc) is 2.29. The fraction of sp³-hybridized carbons (Fsp3) is 0.923. The number of piperidine rings is 1. The Morgan fingerprint density at radius 3 is 2.88 bits per heavy atom. The first-order valence-corrected chi connectivity index (χ1v) is 6.75. The van der Waals surface area contributed by atoms with E-state index < -0.39 is 0 Å². The maximum atomic E-state index is 12.2. The zero-order valence-electron chi connectivity index (χ0n) is 10.9. The highest BCUT2D eigenvalue weighted by Crippen LogP contribution is 2.22. The second-order valence-electron chi connectivity index (χ2n) is 5.65. The molecule has 1 amide bonds. The van der Waals surface area contributed by atoms with Gasteiger partial charge in [0.15, 0.2) is 0 Å². The summed E-state index contributed by atoms with van der Waals surface area (Å²) in [5, 5.41) is 6.56. The first-order valence-electron chi connectivity index (χ1n) is 6.75. The number of ether oxygens (including phenoxy) is 1. The van der Waals surface area contributed by atoms with Gasteiger partial charge in [-0.2, -0.15) is 0 Å².